The Hall–Kier alpha value is -1.18. The first kappa shape index (κ1) is 8.91. The lowest BCUT2D eigenvalue weighted by Crippen LogP contribution is -2.16. The maximum absolute atomic E-state index is 11.9. The molecule has 0 atom stereocenters. The van der Waals surface area contributed by atoms with Crippen LogP contribution in [0.2, 0.25) is 0 Å². The molecule has 0 bridgehead atoms. The van der Waals surface area contributed by atoms with Gasteiger partial charge in [-0.2, -0.15) is 13.2 Å². The SMILES string of the molecule is NC(=O)c1snnc1C(F)(F)F. The van der Waals surface area contributed by atoms with Gasteiger partial charge in [0.05, 0.1) is 0 Å². The fourth-order valence-corrected chi connectivity index (χ4v) is 1.07. The third-order valence-corrected chi connectivity index (χ3v) is 1.72. The average Bonchev–Trinajstić information content (AvgIpc) is 2.30. The number of alkyl halides is 3. The van der Waals surface area contributed by atoms with E-state index in [9.17, 15) is 18.0 Å². The van der Waals surface area contributed by atoms with Gasteiger partial charge < -0.3 is 5.73 Å². The Balaban J connectivity index is 3.17. The van der Waals surface area contributed by atoms with Crippen LogP contribution in [0, 0.1) is 0 Å². The minimum atomic E-state index is -4.67. The highest BCUT2D eigenvalue weighted by Crippen LogP contribution is 2.31. The largest absolute Gasteiger partial charge is 0.436 e. The van der Waals surface area contributed by atoms with Crippen LogP contribution in [0.4, 0.5) is 13.2 Å². The van der Waals surface area contributed by atoms with Crippen molar-refractivity contribution in [1.82, 2.24) is 9.59 Å². The second kappa shape index (κ2) is 2.70. The average molecular weight is 197 g/mol. The number of halogens is 3. The van der Waals surface area contributed by atoms with Crippen LogP contribution in [0.15, 0.2) is 0 Å². The topological polar surface area (TPSA) is 68.9 Å². The number of carbonyl (C=O) groups is 1. The van der Waals surface area contributed by atoms with E-state index in [1.54, 1.807) is 0 Å². The molecular formula is C4H2F3N3OS. The van der Waals surface area contributed by atoms with Gasteiger partial charge in [0.15, 0.2) is 5.69 Å². The molecule has 2 N–H and O–H groups in total. The summed E-state index contributed by atoms with van der Waals surface area (Å²) in [6.07, 6.45) is -4.67. The fourth-order valence-electron chi connectivity index (χ4n) is 0.538. The van der Waals surface area contributed by atoms with Crippen LogP contribution >= 0.6 is 11.5 Å². The zero-order chi connectivity index (χ0) is 9.35. The molecule has 0 saturated carbocycles. The summed E-state index contributed by atoms with van der Waals surface area (Å²) in [6, 6.07) is 0. The van der Waals surface area contributed by atoms with E-state index in [1.165, 1.54) is 0 Å². The zero-order valence-corrected chi connectivity index (χ0v) is 6.24. The Morgan fingerprint density at radius 2 is 2.08 bits per heavy atom. The standard InChI is InChI=1S/C4H2F3N3OS/c5-4(6,7)2-1(3(8)11)12-10-9-2/h(H2,8,11). The molecule has 4 nitrogen and oxygen atoms in total. The molecule has 1 rings (SSSR count). The monoisotopic (exact) mass is 197 g/mol. The number of rotatable bonds is 1. The van der Waals surface area contributed by atoms with Crippen molar-refractivity contribution in [3.8, 4) is 0 Å². The molecule has 12 heavy (non-hydrogen) atoms. The highest BCUT2D eigenvalue weighted by molar-refractivity contribution is 7.08. The molecule has 1 amide bonds. The van der Waals surface area contributed by atoms with E-state index in [0.29, 0.717) is 11.5 Å². The van der Waals surface area contributed by atoms with Gasteiger partial charge in [-0.15, -0.1) is 5.10 Å². The van der Waals surface area contributed by atoms with E-state index in [4.69, 9.17) is 0 Å². The van der Waals surface area contributed by atoms with Crippen molar-refractivity contribution in [3.63, 3.8) is 0 Å². The fraction of sp³-hybridized carbons (Fsp3) is 0.250. The van der Waals surface area contributed by atoms with Crippen molar-refractivity contribution in [3.05, 3.63) is 10.6 Å². The molecule has 1 aromatic heterocycles. The van der Waals surface area contributed by atoms with Crippen molar-refractivity contribution in [2.45, 2.75) is 6.18 Å². The number of amides is 1. The second-order valence-electron chi connectivity index (χ2n) is 1.81. The van der Waals surface area contributed by atoms with Gasteiger partial charge in [0.2, 0.25) is 0 Å². The predicted molar refractivity (Wildman–Crippen MR) is 33.4 cm³/mol. The maximum Gasteiger partial charge on any atom is 0.436 e. The molecule has 0 aliphatic carbocycles. The lowest BCUT2D eigenvalue weighted by Gasteiger charge is -2.01. The third kappa shape index (κ3) is 1.52. The van der Waals surface area contributed by atoms with Crippen LogP contribution in [0.1, 0.15) is 15.4 Å². The van der Waals surface area contributed by atoms with E-state index in [-0.39, 0.29) is 0 Å². The second-order valence-corrected chi connectivity index (χ2v) is 2.57. The maximum atomic E-state index is 11.9. The minimum Gasteiger partial charge on any atom is -0.365 e. The number of hydrogen-bond donors (Lipinski definition) is 1. The Bertz CT molecular complexity index is 307. The van der Waals surface area contributed by atoms with Gasteiger partial charge >= 0.3 is 6.18 Å². The molecule has 1 aromatic rings. The van der Waals surface area contributed by atoms with Crippen molar-refractivity contribution in [2.75, 3.05) is 0 Å². The normalized spacial score (nSPS) is 11.6. The molecule has 1 heterocycles. The van der Waals surface area contributed by atoms with Gasteiger partial charge in [-0.1, -0.05) is 4.49 Å². The lowest BCUT2D eigenvalue weighted by molar-refractivity contribution is -0.141. The predicted octanol–water partition coefficient (Wildman–Crippen LogP) is 0.656. The minimum absolute atomic E-state index is 0.329. The molecule has 0 radical (unpaired) electrons. The van der Waals surface area contributed by atoms with Crippen LogP contribution in [-0.2, 0) is 6.18 Å². The summed E-state index contributed by atoms with van der Waals surface area (Å²) in [5, 5.41) is 2.75. The molecule has 66 valence electrons. The quantitative estimate of drug-likeness (QED) is 0.718. The first-order valence-electron chi connectivity index (χ1n) is 2.62. The molecule has 0 aromatic carbocycles. The summed E-state index contributed by atoms with van der Waals surface area (Å²) in [4.78, 5) is 9.72. The number of hydrogen-bond acceptors (Lipinski definition) is 4. The van der Waals surface area contributed by atoms with Crippen LogP contribution < -0.4 is 5.73 Å². The van der Waals surface area contributed by atoms with Crippen molar-refractivity contribution in [1.29, 1.82) is 0 Å². The number of carbonyl (C=O) groups excluding carboxylic acids is 1. The highest BCUT2D eigenvalue weighted by Gasteiger charge is 2.38. The summed E-state index contributed by atoms with van der Waals surface area (Å²) >= 11 is 0.329. The van der Waals surface area contributed by atoms with Crippen LogP contribution in [0.25, 0.3) is 0 Å². The van der Waals surface area contributed by atoms with E-state index in [2.05, 4.69) is 15.3 Å². The summed E-state index contributed by atoms with van der Waals surface area (Å²) < 4.78 is 38.8. The zero-order valence-electron chi connectivity index (χ0n) is 5.42. The summed E-state index contributed by atoms with van der Waals surface area (Å²) in [7, 11) is 0. The van der Waals surface area contributed by atoms with E-state index >= 15 is 0 Å². The van der Waals surface area contributed by atoms with Gasteiger partial charge in [0.1, 0.15) is 4.88 Å². The van der Waals surface area contributed by atoms with Gasteiger partial charge in [-0.3, -0.25) is 4.79 Å². The van der Waals surface area contributed by atoms with Crippen LogP contribution in [-0.4, -0.2) is 15.5 Å². The molecule has 0 fully saturated rings. The van der Waals surface area contributed by atoms with Gasteiger partial charge in [-0.25, -0.2) is 0 Å². The molecule has 0 saturated heterocycles. The van der Waals surface area contributed by atoms with Crippen LogP contribution in [0.3, 0.4) is 0 Å². The third-order valence-electron chi connectivity index (χ3n) is 0.980. The Morgan fingerprint density at radius 1 is 1.50 bits per heavy atom. The van der Waals surface area contributed by atoms with Crippen molar-refractivity contribution < 1.29 is 18.0 Å². The summed E-state index contributed by atoms with van der Waals surface area (Å²) in [5.41, 5.74) is 3.33. The van der Waals surface area contributed by atoms with Gasteiger partial charge in [0.25, 0.3) is 5.91 Å². The van der Waals surface area contributed by atoms with E-state index in [0.717, 1.165) is 0 Å². The smallest absolute Gasteiger partial charge is 0.365 e. The molecule has 0 aliphatic heterocycles. The molecule has 0 aliphatic rings. The molecular weight excluding hydrogens is 195 g/mol. The molecule has 0 unspecified atom stereocenters. The lowest BCUT2D eigenvalue weighted by atomic mass is 10.3. The molecule has 0 spiro atoms. The Kier molecular flexibility index (Phi) is 2.01. The van der Waals surface area contributed by atoms with Crippen LogP contribution in [0.5, 0.6) is 0 Å². The van der Waals surface area contributed by atoms with E-state index < -0.39 is 22.7 Å². The van der Waals surface area contributed by atoms with Gasteiger partial charge in [0, 0.05) is 0 Å². The summed E-state index contributed by atoms with van der Waals surface area (Å²) in [6.45, 7) is 0. The summed E-state index contributed by atoms with van der Waals surface area (Å²) in [5.74, 6) is -1.17. The number of nitrogens with two attached hydrogens (primary N) is 1. The number of nitrogens with zero attached hydrogens (tertiary/aromatic N) is 2. The first-order valence-corrected chi connectivity index (χ1v) is 3.39. The molecule has 8 heteroatoms. The number of primary amides is 1. The van der Waals surface area contributed by atoms with Gasteiger partial charge in [-0.05, 0) is 11.5 Å². The Labute approximate surface area is 68.3 Å². The van der Waals surface area contributed by atoms with E-state index in [1.807, 2.05) is 0 Å². The Morgan fingerprint density at radius 3 is 2.42 bits per heavy atom. The highest BCUT2D eigenvalue weighted by atomic mass is 32.1. The first-order chi connectivity index (χ1) is 5.43. The number of aromatic nitrogens is 2. The van der Waals surface area contributed by atoms with Crippen molar-refractivity contribution in [2.24, 2.45) is 5.73 Å². The van der Waals surface area contributed by atoms with Crippen molar-refractivity contribution >= 4 is 17.4 Å².